The number of nitrogens with one attached hydrogen (secondary N) is 1. The van der Waals surface area contributed by atoms with Gasteiger partial charge in [0.25, 0.3) is 0 Å². The maximum absolute atomic E-state index is 12.9. The predicted octanol–water partition coefficient (Wildman–Crippen LogP) is 2.63. The van der Waals surface area contributed by atoms with E-state index in [1.165, 1.54) is 4.90 Å². The Labute approximate surface area is 176 Å². The molecule has 2 N–H and O–H groups in total. The Morgan fingerprint density at radius 3 is 2.47 bits per heavy atom. The van der Waals surface area contributed by atoms with E-state index in [4.69, 9.17) is 4.74 Å². The Morgan fingerprint density at radius 1 is 1.23 bits per heavy atom. The van der Waals surface area contributed by atoms with Gasteiger partial charge in [-0.25, -0.2) is 4.79 Å². The van der Waals surface area contributed by atoms with Crippen LogP contribution in [0.15, 0.2) is 36.5 Å². The third kappa shape index (κ3) is 4.99. The van der Waals surface area contributed by atoms with E-state index in [-0.39, 0.29) is 24.9 Å². The lowest BCUT2D eigenvalue weighted by Crippen LogP contribution is -2.48. The van der Waals surface area contributed by atoms with Crippen LogP contribution < -0.4 is 5.32 Å². The first-order valence-corrected chi connectivity index (χ1v) is 10.1. The molecule has 2 amide bonds. The number of carbonyl (C=O) groups is 2. The van der Waals surface area contributed by atoms with Crippen LogP contribution in [-0.2, 0) is 16.6 Å². The van der Waals surface area contributed by atoms with Gasteiger partial charge in [-0.3, -0.25) is 14.4 Å². The summed E-state index contributed by atoms with van der Waals surface area (Å²) < 4.78 is 7.19. The summed E-state index contributed by atoms with van der Waals surface area (Å²) >= 11 is 0. The highest BCUT2D eigenvalue weighted by Gasteiger charge is 2.41. The first-order valence-electron chi connectivity index (χ1n) is 10.1. The van der Waals surface area contributed by atoms with Gasteiger partial charge in [-0.1, -0.05) is 24.3 Å². The molecule has 8 heteroatoms. The number of aryl methyl sites for hydroxylation is 1. The van der Waals surface area contributed by atoms with Crippen molar-refractivity contribution >= 4 is 12.0 Å². The minimum absolute atomic E-state index is 0.0841. The van der Waals surface area contributed by atoms with Gasteiger partial charge < -0.3 is 15.2 Å². The molecule has 1 saturated heterocycles. The summed E-state index contributed by atoms with van der Waals surface area (Å²) in [7, 11) is 1.89. The Hall–Kier alpha value is -2.87. The van der Waals surface area contributed by atoms with Crippen LogP contribution in [0.25, 0.3) is 11.3 Å². The van der Waals surface area contributed by atoms with Crippen LogP contribution in [0.5, 0.6) is 0 Å². The number of nitrogens with zero attached hydrogens (tertiary/aromatic N) is 3. The highest BCUT2D eigenvalue weighted by atomic mass is 16.6. The molecule has 8 nitrogen and oxygen atoms in total. The van der Waals surface area contributed by atoms with Crippen molar-refractivity contribution in [3.05, 3.63) is 42.1 Å². The number of carbonyl (C=O) groups excluding carboxylic acids is 2. The topological polar surface area (TPSA) is 96.7 Å². The molecule has 2 heterocycles. The van der Waals surface area contributed by atoms with Crippen LogP contribution in [0, 0.1) is 0 Å². The molecule has 162 valence electrons. The van der Waals surface area contributed by atoms with Crippen molar-refractivity contribution in [1.82, 2.24) is 20.0 Å². The largest absolute Gasteiger partial charge is 0.444 e. The number of hydrogen-bond donors (Lipinski definition) is 2. The normalized spacial score (nSPS) is 20.1. The third-order valence-corrected chi connectivity index (χ3v) is 5.10. The number of aliphatic hydroxyl groups excluding tert-OH is 1. The van der Waals surface area contributed by atoms with Crippen molar-refractivity contribution < 1.29 is 19.4 Å². The zero-order valence-corrected chi connectivity index (χ0v) is 18.1. The average molecular weight is 415 g/mol. The molecule has 0 saturated carbocycles. The summed E-state index contributed by atoms with van der Waals surface area (Å²) in [4.78, 5) is 26.6. The molecule has 0 aliphatic carbocycles. The molecule has 1 aromatic heterocycles. The molecule has 30 heavy (non-hydrogen) atoms. The zero-order valence-electron chi connectivity index (χ0n) is 18.1. The molecule has 3 rings (SSSR count). The van der Waals surface area contributed by atoms with Crippen LogP contribution in [0.3, 0.4) is 0 Å². The van der Waals surface area contributed by atoms with Gasteiger partial charge in [-0.15, -0.1) is 0 Å². The first-order chi connectivity index (χ1) is 14.0. The number of ether oxygens (including phenoxy) is 1. The van der Waals surface area contributed by atoms with Crippen molar-refractivity contribution in [3.63, 3.8) is 0 Å². The van der Waals surface area contributed by atoms with Crippen LogP contribution in [-0.4, -0.2) is 56.1 Å². The standard InChI is InChI=1S/C22H30N4O4/c1-14(15-6-8-16(9-7-15)18-10-11-23-25(18)5)24-20(28)19-12-17(27)13-26(19)21(29)30-22(2,3)4/h6-11,14,17,19,27H,12-13H2,1-5H3,(H,24,28)/t14-,17+,19?/m0/s1. The number of β-amino-alcohol motifs (C(OH)–C–C–N with tert-alkyl or cyclic N) is 1. The second kappa shape index (κ2) is 8.47. The Balaban J connectivity index is 1.66. The molecule has 0 radical (unpaired) electrons. The number of amides is 2. The third-order valence-electron chi connectivity index (χ3n) is 5.10. The molecule has 1 aliphatic heterocycles. The Bertz CT molecular complexity index is 901. The van der Waals surface area contributed by atoms with E-state index in [0.29, 0.717) is 0 Å². The molecule has 3 atom stereocenters. The van der Waals surface area contributed by atoms with Gasteiger partial charge in [0.15, 0.2) is 0 Å². The van der Waals surface area contributed by atoms with Crippen LogP contribution in [0.1, 0.15) is 45.7 Å². The minimum Gasteiger partial charge on any atom is -0.444 e. The van der Waals surface area contributed by atoms with Crippen LogP contribution in [0.4, 0.5) is 4.79 Å². The summed E-state index contributed by atoms with van der Waals surface area (Å²) in [5.41, 5.74) is 2.31. The van der Waals surface area contributed by atoms with Crippen molar-refractivity contribution in [2.24, 2.45) is 7.05 Å². The minimum atomic E-state index is -0.758. The van der Waals surface area contributed by atoms with Crippen molar-refractivity contribution in [2.45, 2.75) is 57.9 Å². The Kier molecular flexibility index (Phi) is 6.17. The van der Waals surface area contributed by atoms with E-state index >= 15 is 0 Å². The molecule has 1 unspecified atom stereocenters. The summed E-state index contributed by atoms with van der Waals surface area (Å²) in [5.74, 6) is -0.305. The first kappa shape index (κ1) is 21.8. The smallest absolute Gasteiger partial charge is 0.411 e. The number of hydrogen-bond acceptors (Lipinski definition) is 5. The summed E-state index contributed by atoms with van der Waals surface area (Å²) in [5, 5.41) is 17.2. The summed E-state index contributed by atoms with van der Waals surface area (Å²) in [6.45, 7) is 7.28. The van der Waals surface area contributed by atoms with Gasteiger partial charge in [-0.05, 0) is 44.9 Å². The quantitative estimate of drug-likeness (QED) is 0.802. The molecular formula is C22H30N4O4. The van der Waals surface area contributed by atoms with E-state index in [1.54, 1.807) is 31.6 Å². The number of rotatable bonds is 4. The number of likely N-dealkylation sites (tertiary alicyclic amines) is 1. The van der Waals surface area contributed by atoms with E-state index in [9.17, 15) is 14.7 Å². The van der Waals surface area contributed by atoms with Gasteiger partial charge in [0.2, 0.25) is 5.91 Å². The number of aliphatic hydroxyl groups is 1. The zero-order chi connectivity index (χ0) is 22.1. The summed E-state index contributed by atoms with van der Waals surface area (Å²) in [6.07, 6.45) is 0.601. The molecule has 1 aliphatic rings. The highest BCUT2D eigenvalue weighted by Crippen LogP contribution is 2.24. The van der Waals surface area contributed by atoms with E-state index in [0.717, 1.165) is 16.8 Å². The maximum atomic E-state index is 12.9. The molecule has 0 spiro atoms. The monoisotopic (exact) mass is 414 g/mol. The van der Waals surface area contributed by atoms with Crippen LogP contribution >= 0.6 is 0 Å². The van der Waals surface area contributed by atoms with Gasteiger partial charge in [0.1, 0.15) is 11.6 Å². The fraction of sp³-hybridized carbons (Fsp3) is 0.500. The van der Waals surface area contributed by atoms with Gasteiger partial charge in [0, 0.05) is 19.7 Å². The molecule has 1 aromatic carbocycles. The lowest BCUT2D eigenvalue weighted by molar-refractivity contribution is -0.126. The van der Waals surface area contributed by atoms with E-state index < -0.39 is 23.8 Å². The summed E-state index contributed by atoms with van der Waals surface area (Å²) in [6, 6.07) is 8.83. The van der Waals surface area contributed by atoms with Gasteiger partial charge in [-0.2, -0.15) is 5.10 Å². The van der Waals surface area contributed by atoms with E-state index in [2.05, 4.69) is 10.4 Å². The average Bonchev–Trinajstić information content (AvgIpc) is 3.26. The fourth-order valence-electron chi connectivity index (χ4n) is 3.58. The second-order valence-electron chi connectivity index (χ2n) is 8.73. The highest BCUT2D eigenvalue weighted by molar-refractivity contribution is 5.86. The van der Waals surface area contributed by atoms with E-state index in [1.807, 2.05) is 44.3 Å². The van der Waals surface area contributed by atoms with Gasteiger partial charge >= 0.3 is 6.09 Å². The number of benzene rings is 1. The van der Waals surface area contributed by atoms with Crippen molar-refractivity contribution in [3.8, 4) is 11.3 Å². The molecule has 0 bridgehead atoms. The van der Waals surface area contributed by atoms with Crippen molar-refractivity contribution in [2.75, 3.05) is 6.54 Å². The van der Waals surface area contributed by atoms with Crippen LogP contribution in [0.2, 0.25) is 0 Å². The van der Waals surface area contributed by atoms with Gasteiger partial charge in [0.05, 0.1) is 24.4 Å². The lowest BCUT2D eigenvalue weighted by atomic mass is 10.0. The molecule has 1 fully saturated rings. The molecular weight excluding hydrogens is 384 g/mol. The van der Waals surface area contributed by atoms with Crippen molar-refractivity contribution in [1.29, 1.82) is 0 Å². The lowest BCUT2D eigenvalue weighted by Gasteiger charge is -2.28. The maximum Gasteiger partial charge on any atom is 0.411 e. The SMILES string of the molecule is C[C@H](NC(=O)C1C[C@@H](O)CN1C(=O)OC(C)(C)C)c1ccc(-c2ccnn2C)cc1. The predicted molar refractivity (Wildman–Crippen MR) is 113 cm³/mol. The second-order valence-corrected chi connectivity index (χ2v) is 8.73. The Morgan fingerprint density at radius 2 is 1.90 bits per heavy atom. The molecule has 2 aromatic rings. The fourth-order valence-corrected chi connectivity index (χ4v) is 3.58. The number of aromatic nitrogens is 2.